The molecule has 0 saturated carbocycles. The summed E-state index contributed by atoms with van der Waals surface area (Å²) in [6, 6.07) is 23.4. The van der Waals surface area contributed by atoms with Gasteiger partial charge in [0.15, 0.2) is 0 Å². The molecule has 10 nitrogen and oxygen atoms in total. The zero-order valence-corrected chi connectivity index (χ0v) is 41.3. The molecule has 0 spiro atoms. The summed E-state index contributed by atoms with van der Waals surface area (Å²) in [6.07, 6.45) is 4.27. The third-order valence-corrected chi connectivity index (χ3v) is 13.9. The summed E-state index contributed by atoms with van der Waals surface area (Å²) in [5.41, 5.74) is 7.25. The third kappa shape index (κ3) is 12.8. The number of nitrogens with zero attached hydrogens (tertiary/aromatic N) is 2. The standard InChI is InChI=1S/C56H54Cl2F4N2O8/c1-33-37(31-71-53-25-51(69-29-35-17-41(59)23-42(60)18-35)39(21-47(53)57)27-63-15-5-3-13-49(63)55(65)66)9-7-11-45(33)46-12-8-10-38(34(46)2)32-72-54-26-52(70-30-36-19-43(61)24-44(62)20-36)40(22-48(54)58)28-64-16-6-4-14-50(64)56(67)68/h7-12,17-26,49-50H,3-6,13-16,27-32H2,1-2H3,(H,65,66)(H,67,68)/t49-,50-/m0/s1. The summed E-state index contributed by atoms with van der Waals surface area (Å²) in [6.45, 7) is 5.46. The first-order chi connectivity index (χ1) is 34.6. The van der Waals surface area contributed by atoms with Gasteiger partial charge >= 0.3 is 11.9 Å². The summed E-state index contributed by atoms with van der Waals surface area (Å²) in [5, 5.41) is 20.5. The quantitative estimate of drug-likeness (QED) is 0.0759. The molecule has 6 aromatic carbocycles. The molecule has 0 aromatic heterocycles. The third-order valence-electron chi connectivity index (χ3n) is 13.4. The Labute approximate surface area is 425 Å². The number of carbonyl (C=O) groups is 2. The van der Waals surface area contributed by atoms with E-state index < -0.39 is 47.3 Å². The smallest absolute Gasteiger partial charge is 0.320 e. The summed E-state index contributed by atoms with van der Waals surface area (Å²) < 4.78 is 81.5. The van der Waals surface area contributed by atoms with Crippen molar-refractivity contribution in [3.63, 3.8) is 0 Å². The van der Waals surface area contributed by atoms with Gasteiger partial charge in [0.05, 0.1) is 10.0 Å². The van der Waals surface area contributed by atoms with Crippen LogP contribution in [-0.4, -0.2) is 57.1 Å². The van der Waals surface area contributed by atoms with Crippen LogP contribution < -0.4 is 18.9 Å². The van der Waals surface area contributed by atoms with E-state index in [4.69, 9.17) is 42.1 Å². The maximum Gasteiger partial charge on any atom is 0.320 e. The van der Waals surface area contributed by atoms with Crippen LogP contribution in [0.3, 0.4) is 0 Å². The molecule has 16 heteroatoms. The molecule has 2 saturated heterocycles. The van der Waals surface area contributed by atoms with Crippen molar-refractivity contribution in [1.82, 2.24) is 9.80 Å². The Morgan fingerprint density at radius 2 is 0.889 bits per heavy atom. The van der Waals surface area contributed by atoms with E-state index >= 15 is 0 Å². The van der Waals surface area contributed by atoms with Crippen molar-refractivity contribution in [2.45, 2.75) is 104 Å². The zero-order valence-electron chi connectivity index (χ0n) is 39.8. The molecule has 0 amide bonds. The van der Waals surface area contributed by atoms with Gasteiger partial charge in [0.1, 0.15) is 84.8 Å². The lowest BCUT2D eigenvalue weighted by Gasteiger charge is -2.33. The molecule has 0 unspecified atom stereocenters. The molecule has 8 rings (SSSR count). The average Bonchev–Trinajstić information content (AvgIpc) is 3.33. The summed E-state index contributed by atoms with van der Waals surface area (Å²) in [5.74, 6) is -3.52. The number of halogens is 6. The van der Waals surface area contributed by atoms with E-state index in [2.05, 4.69) is 0 Å². The topological polar surface area (TPSA) is 118 Å². The van der Waals surface area contributed by atoms with Gasteiger partial charge in [-0.2, -0.15) is 0 Å². The highest BCUT2D eigenvalue weighted by Crippen LogP contribution is 2.39. The van der Waals surface area contributed by atoms with Crippen LogP contribution in [0.5, 0.6) is 23.0 Å². The Kier molecular flexibility index (Phi) is 17.0. The lowest BCUT2D eigenvalue weighted by Crippen LogP contribution is -2.44. The fourth-order valence-electron chi connectivity index (χ4n) is 9.53. The number of hydrogen-bond donors (Lipinski definition) is 2. The Balaban J connectivity index is 1.01. The Hall–Kier alpha value is -6.32. The number of likely N-dealkylation sites (tertiary alicyclic amines) is 2. The second-order valence-corrected chi connectivity index (χ2v) is 19.1. The molecule has 0 aliphatic carbocycles. The Morgan fingerprint density at radius 3 is 1.26 bits per heavy atom. The Bertz CT molecular complexity index is 2720. The van der Waals surface area contributed by atoms with Gasteiger partial charge in [0.2, 0.25) is 0 Å². The molecule has 378 valence electrons. The van der Waals surface area contributed by atoms with Gasteiger partial charge in [-0.25, -0.2) is 17.6 Å². The fourth-order valence-corrected chi connectivity index (χ4v) is 10.0. The summed E-state index contributed by atoms with van der Waals surface area (Å²) in [4.78, 5) is 28.0. The molecule has 2 N–H and O–H groups in total. The molecule has 2 atom stereocenters. The average molecular weight is 1030 g/mol. The number of benzene rings is 6. The Morgan fingerprint density at radius 1 is 0.514 bits per heavy atom. The number of piperidine rings is 2. The van der Waals surface area contributed by atoms with E-state index in [0.717, 1.165) is 71.2 Å². The number of hydrogen-bond acceptors (Lipinski definition) is 8. The second kappa shape index (κ2) is 23.5. The minimum absolute atomic E-state index is 0.115. The molecular weight excluding hydrogens is 976 g/mol. The van der Waals surface area contributed by atoms with Crippen LogP contribution in [0.1, 0.15) is 83.0 Å². The van der Waals surface area contributed by atoms with Gasteiger partial charge in [0, 0.05) is 48.5 Å². The number of aliphatic carboxylic acids is 2. The second-order valence-electron chi connectivity index (χ2n) is 18.3. The lowest BCUT2D eigenvalue weighted by atomic mass is 9.92. The van der Waals surface area contributed by atoms with Crippen molar-refractivity contribution in [3.05, 3.63) is 175 Å². The van der Waals surface area contributed by atoms with Crippen molar-refractivity contribution < 1.29 is 56.3 Å². The van der Waals surface area contributed by atoms with Crippen LogP contribution in [0.25, 0.3) is 11.1 Å². The van der Waals surface area contributed by atoms with Crippen LogP contribution in [0.15, 0.2) is 97.1 Å². The van der Waals surface area contributed by atoms with Crippen molar-refractivity contribution in [1.29, 1.82) is 0 Å². The van der Waals surface area contributed by atoms with Crippen molar-refractivity contribution in [2.24, 2.45) is 0 Å². The predicted octanol–water partition coefficient (Wildman–Crippen LogP) is 13.0. The number of carboxylic acid groups (broad SMARTS) is 2. The number of rotatable bonds is 19. The molecule has 2 aliphatic rings. The highest BCUT2D eigenvalue weighted by molar-refractivity contribution is 6.32. The van der Waals surface area contributed by atoms with Crippen molar-refractivity contribution >= 4 is 35.1 Å². The number of carboxylic acids is 2. The van der Waals surface area contributed by atoms with Gasteiger partial charge in [-0.15, -0.1) is 0 Å². The lowest BCUT2D eigenvalue weighted by molar-refractivity contribution is -0.145. The van der Waals surface area contributed by atoms with Gasteiger partial charge < -0.3 is 29.2 Å². The van der Waals surface area contributed by atoms with E-state index in [0.29, 0.717) is 60.1 Å². The van der Waals surface area contributed by atoms with Gasteiger partial charge in [0.25, 0.3) is 0 Å². The van der Waals surface area contributed by atoms with Crippen LogP contribution in [0.4, 0.5) is 17.6 Å². The predicted molar refractivity (Wildman–Crippen MR) is 266 cm³/mol. The van der Waals surface area contributed by atoms with E-state index in [1.54, 1.807) is 24.3 Å². The van der Waals surface area contributed by atoms with Gasteiger partial charge in [-0.05, 0) is 134 Å². The maximum absolute atomic E-state index is 14.1. The molecule has 6 aromatic rings. The van der Waals surface area contributed by atoms with Crippen LogP contribution in [0.2, 0.25) is 10.0 Å². The van der Waals surface area contributed by atoms with Crippen molar-refractivity contribution in [2.75, 3.05) is 13.1 Å². The first kappa shape index (κ1) is 52.0. The fraction of sp³-hybridized carbons (Fsp3) is 0.321. The molecule has 2 fully saturated rings. The van der Waals surface area contributed by atoms with Gasteiger partial charge in [-0.3, -0.25) is 19.4 Å². The highest BCUT2D eigenvalue weighted by atomic mass is 35.5. The van der Waals surface area contributed by atoms with Crippen molar-refractivity contribution in [3.8, 4) is 34.1 Å². The molecule has 0 radical (unpaired) electrons. The minimum atomic E-state index is -0.914. The number of ether oxygens (including phenoxy) is 4. The first-order valence-electron chi connectivity index (χ1n) is 23.8. The summed E-state index contributed by atoms with van der Waals surface area (Å²) in [7, 11) is 0. The van der Waals surface area contributed by atoms with Gasteiger partial charge in [-0.1, -0.05) is 72.4 Å². The molecular formula is C56H54Cl2F4N2O8. The van der Waals surface area contributed by atoms with Crippen LogP contribution in [-0.2, 0) is 49.1 Å². The molecule has 2 aliphatic heterocycles. The largest absolute Gasteiger partial charge is 0.488 e. The van der Waals surface area contributed by atoms with E-state index in [-0.39, 0.29) is 60.7 Å². The molecule has 0 bridgehead atoms. The SMILES string of the molecule is Cc1c(COc2cc(OCc3cc(F)cc(F)c3)c(CN3CCCC[C@H]3C(=O)O)cc2Cl)cccc1-c1cccc(COc2cc(OCc3cc(F)cc(F)c3)c(CN3CCCC[C@H]3C(=O)O)cc2Cl)c1C. The molecule has 2 heterocycles. The van der Waals surface area contributed by atoms with Crippen LogP contribution >= 0.6 is 23.2 Å². The highest BCUT2D eigenvalue weighted by Gasteiger charge is 2.31. The first-order valence-corrected chi connectivity index (χ1v) is 24.5. The van der Waals surface area contributed by atoms with E-state index in [9.17, 15) is 37.4 Å². The van der Waals surface area contributed by atoms with E-state index in [1.807, 2.05) is 60.0 Å². The molecule has 72 heavy (non-hydrogen) atoms. The minimum Gasteiger partial charge on any atom is -0.488 e. The van der Waals surface area contributed by atoms with Crippen LogP contribution in [0, 0.1) is 37.1 Å². The monoisotopic (exact) mass is 1030 g/mol. The zero-order chi connectivity index (χ0) is 51.1. The summed E-state index contributed by atoms with van der Waals surface area (Å²) >= 11 is 13.7. The normalized spacial score (nSPS) is 16.3. The van der Waals surface area contributed by atoms with E-state index in [1.165, 1.54) is 24.3 Å². The maximum atomic E-state index is 14.1.